The molecule has 1 aromatic carbocycles. The van der Waals surface area contributed by atoms with E-state index in [0.29, 0.717) is 38.5 Å². The second-order valence-corrected chi connectivity index (χ2v) is 7.27. The highest BCUT2D eigenvalue weighted by Gasteiger charge is 2.40. The third-order valence-electron chi connectivity index (χ3n) is 4.96. The first-order valence-corrected chi connectivity index (χ1v) is 9.31. The van der Waals surface area contributed by atoms with Gasteiger partial charge in [0.15, 0.2) is 17.2 Å². The van der Waals surface area contributed by atoms with E-state index in [9.17, 15) is 18.0 Å². The summed E-state index contributed by atoms with van der Waals surface area (Å²) in [7, 11) is 1.28. The quantitative estimate of drug-likeness (QED) is 0.749. The molecule has 0 aliphatic carbocycles. The van der Waals surface area contributed by atoms with Gasteiger partial charge in [0.2, 0.25) is 6.79 Å². The van der Waals surface area contributed by atoms with Gasteiger partial charge in [-0.15, -0.1) is 0 Å². The first kappa shape index (κ1) is 19.8. The predicted octanol–water partition coefficient (Wildman–Crippen LogP) is 2.78. The number of nitrogens with zero attached hydrogens (tertiary/aromatic N) is 4. The van der Waals surface area contributed by atoms with Crippen molar-refractivity contribution in [1.29, 1.82) is 0 Å². The number of fused-ring (bicyclic) bond motifs is 1. The number of aryl methyl sites for hydroxylation is 1. The van der Waals surface area contributed by atoms with E-state index < -0.39 is 22.8 Å². The number of piperazine rings is 1. The summed E-state index contributed by atoms with van der Waals surface area (Å²) in [5.74, 6) is 0.876. The van der Waals surface area contributed by atoms with E-state index in [4.69, 9.17) is 21.1 Å². The minimum atomic E-state index is -4.71. The van der Waals surface area contributed by atoms with Crippen molar-refractivity contribution >= 4 is 17.5 Å². The molecule has 0 atom stereocenters. The number of ether oxygens (including phenoxy) is 2. The Bertz CT molecular complexity index is 939. The molecule has 0 N–H and O–H groups in total. The van der Waals surface area contributed by atoms with E-state index in [1.165, 1.54) is 11.9 Å². The molecule has 29 heavy (non-hydrogen) atoms. The summed E-state index contributed by atoms with van der Waals surface area (Å²) in [6, 6.07) is 5.74. The first-order valence-electron chi connectivity index (χ1n) is 8.94. The maximum Gasteiger partial charge on any atom is 0.436 e. The van der Waals surface area contributed by atoms with Gasteiger partial charge in [-0.1, -0.05) is 17.7 Å². The Labute approximate surface area is 169 Å². The molecule has 0 saturated carbocycles. The summed E-state index contributed by atoms with van der Waals surface area (Å²) in [6.07, 6.45) is -4.71. The summed E-state index contributed by atoms with van der Waals surface area (Å²) in [5.41, 5.74) is -0.437. The fourth-order valence-electron chi connectivity index (χ4n) is 3.47. The largest absolute Gasteiger partial charge is 0.454 e. The Hall–Kier alpha value is -2.46. The Kier molecular flexibility index (Phi) is 5.07. The van der Waals surface area contributed by atoms with Crippen LogP contribution in [0.4, 0.5) is 13.2 Å². The average Bonchev–Trinajstić information content (AvgIpc) is 3.25. The van der Waals surface area contributed by atoms with Crippen molar-refractivity contribution in [3.63, 3.8) is 0 Å². The zero-order chi connectivity index (χ0) is 20.8. The highest BCUT2D eigenvalue weighted by Crippen LogP contribution is 2.36. The Morgan fingerprint density at radius 2 is 1.86 bits per heavy atom. The second kappa shape index (κ2) is 7.42. The lowest BCUT2D eigenvalue weighted by Gasteiger charge is -2.34. The topological polar surface area (TPSA) is 59.8 Å². The standard InChI is InChI=1S/C18H18ClF3N4O3/c1-24-15(14(19)16(23-24)18(20,21)22)17(27)26-6-4-25(5-7-26)9-11-2-3-12-13(8-11)29-10-28-12/h2-3,8H,4-7,9-10H2,1H3. The molecule has 3 heterocycles. The number of aromatic nitrogens is 2. The number of carbonyl (C=O) groups is 1. The molecule has 156 valence electrons. The van der Waals surface area contributed by atoms with Crippen LogP contribution in [0.3, 0.4) is 0 Å². The van der Waals surface area contributed by atoms with Crippen LogP contribution in [0.5, 0.6) is 11.5 Å². The number of hydrogen-bond acceptors (Lipinski definition) is 5. The fraction of sp³-hybridized carbons (Fsp3) is 0.444. The fourth-order valence-corrected chi connectivity index (χ4v) is 3.82. The molecule has 0 bridgehead atoms. The van der Waals surface area contributed by atoms with Crippen LogP contribution in [0.25, 0.3) is 0 Å². The van der Waals surface area contributed by atoms with Gasteiger partial charge in [-0.25, -0.2) is 0 Å². The van der Waals surface area contributed by atoms with Gasteiger partial charge >= 0.3 is 6.18 Å². The molecule has 1 fully saturated rings. The van der Waals surface area contributed by atoms with E-state index >= 15 is 0 Å². The van der Waals surface area contributed by atoms with Gasteiger partial charge in [0.05, 0.1) is 0 Å². The minimum Gasteiger partial charge on any atom is -0.454 e. The number of hydrogen-bond donors (Lipinski definition) is 0. The SMILES string of the molecule is Cn1nc(C(F)(F)F)c(Cl)c1C(=O)N1CCN(Cc2ccc3c(c2)OCO3)CC1. The highest BCUT2D eigenvalue weighted by molar-refractivity contribution is 6.34. The van der Waals surface area contributed by atoms with Crippen molar-refractivity contribution in [3.05, 3.63) is 40.2 Å². The number of amides is 1. The lowest BCUT2D eigenvalue weighted by atomic mass is 10.1. The smallest absolute Gasteiger partial charge is 0.436 e. The first-order chi connectivity index (χ1) is 13.7. The van der Waals surface area contributed by atoms with Gasteiger partial charge < -0.3 is 14.4 Å². The molecule has 1 saturated heterocycles. The second-order valence-electron chi connectivity index (χ2n) is 6.89. The van der Waals surface area contributed by atoms with Gasteiger partial charge in [-0.3, -0.25) is 14.4 Å². The Balaban J connectivity index is 1.40. The van der Waals surface area contributed by atoms with Gasteiger partial charge in [0.1, 0.15) is 10.7 Å². The monoisotopic (exact) mass is 430 g/mol. The molecule has 2 aliphatic rings. The van der Waals surface area contributed by atoms with Gasteiger partial charge in [0.25, 0.3) is 5.91 Å². The van der Waals surface area contributed by atoms with E-state index in [1.807, 2.05) is 18.2 Å². The Morgan fingerprint density at radius 3 is 2.52 bits per heavy atom. The molecule has 2 aliphatic heterocycles. The van der Waals surface area contributed by atoms with E-state index in [2.05, 4.69) is 10.00 Å². The molecule has 0 spiro atoms. The molecule has 1 amide bonds. The van der Waals surface area contributed by atoms with Crippen molar-refractivity contribution in [1.82, 2.24) is 19.6 Å². The lowest BCUT2D eigenvalue weighted by molar-refractivity contribution is -0.141. The number of benzene rings is 1. The molecular weight excluding hydrogens is 413 g/mol. The van der Waals surface area contributed by atoms with Gasteiger partial charge in [-0.05, 0) is 17.7 Å². The third kappa shape index (κ3) is 3.86. The van der Waals surface area contributed by atoms with Gasteiger partial charge in [0, 0.05) is 39.8 Å². The molecular formula is C18H18ClF3N4O3. The van der Waals surface area contributed by atoms with Crippen LogP contribution in [0.15, 0.2) is 18.2 Å². The molecule has 0 unspecified atom stereocenters. The summed E-state index contributed by atoms with van der Waals surface area (Å²) in [5, 5.41) is 2.72. The normalized spacial score (nSPS) is 17.1. The molecule has 7 nitrogen and oxygen atoms in total. The van der Waals surface area contributed by atoms with Gasteiger partial charge in [-0.2, -0.15) is 18.3 Å². The van der Waals surface area contributed by atoms with Crippen LogP contribution in [0.1, 0.15) is 21.7 Å². The summed E-state index contributed by atoms with van der Waals surface area (Å²) in [4.78, 5) is 16.4. The maximum atomic E-state index is 13.0. The average molecular weight is 431 g/mol. The Morgan fingerprint density at radius 1 is 1.17 bits per heavy atom. The number of alkyl halides is 3. The molecule has 11 heteroatoms. The minimum absolute atomic E-state index is 0.214. The molecule has 2 aromatic rings. The summed E-state index contributed by atoms with van der Waals surface area (Å²) >= 11 is 5.83. The van der Waals surface area contributed by atoms with Crippen LogP contribution in [0.2, 0.25) is 5.02 Å². The van der Waals surface area contributed by atoms with Crippen molar-refractivity contribution in [3.8, 4) is 11.5 Å². The molecule has 1 aromatic heterocycles. The summed E-state index contributed by atoms with van der Waals surface area (Å²) in [6.45, 7) is 2.82. The van der Waals surface area contributed by atoms with Crippen LogP contribution in [0, 0.1) is 0 Å². The van der Waals surface area contributed by atoms with Crippen LogP contribution in [-0.4, -0.2) is 58.5 Å². The summed E-state index contributed by atoms with van der Waals surface area (Å²) < 4.78 is 50.5. The zero-order valence-electron chi connectivity index (χ0n) is 15.5. The molecule has 0 radical (unpaired) electrons. The number of halogens is 4. The zero-order valence-corrected chi connectivity index (χ0v) is 16.3. The van der Waals surface area contributed by atoms with E-state index in [0.717, 1.165) is 16.0 Å². The number of carbonyl (C=O) groups excluding carboxylic acids is 1. The van der Waals surface area contributed by atoms with Crippen molar-refractivity contribution in [2.24, 2.45) is 7.05 Å². The third-order valence-corrected chi connectivity index (χ3v) is 5.32. The van der Waals surface area contributed by atoms with Crippen LogP contribution >= 0.6 is 11.6 Å². The van der Waals surface area contributed by atoms with Crippen molar-refractivity contribution in [2.45, 2.75) is 12.7 Å². The van der Waals surface area contributed by atoms with Crippen molar-refractivity contribution < 1.29 is 27.4 Å². The van der Waals surface area contributed by atoms with Crippen molar-refractivity contribution in [2.75, 3.05) is 33.0 Å². The van der Waals surface area contributed by atoms with E-state index in [-0.39, 0.29) is 12.5 Å². The maximum absolute atomic E-state index is 13.0. The molecule has 4 rings (SSSR count). The highest BCUT2D eigenvalue weighted by atomic mass is 35.5. The van der Waals surface area contributed by atoms with Crippen LogP contribution in [-0.2, 0) is 19.8 Å². The van der Waals surface area contributed by atoms with E-state index in [1.54, 1.807) is 0 Å². The number of rotatable bonds is 3. The lowest BCUT2D eigenvalue weighted by Crippen LogP contribution is -2.48. The predicted molar refractivity (Wildman–Crippen MR) is 97.0 cm³/mol. The van der Waals surface area contributed by atoms with Crippen LogP contribution < -0.4 is 9.47 Å².